The maximum absolute atomic E-state index is 13.0. The quantitative estimate of drug-likeness (QED) is 0.809. The molecular formula is C19H25N3O4S2. The molecule has 0 saturated heterocycles. The minimum atomic E-state index is -3.59. The molecule has 0 radical (unpaired) electrons. The number of aromatic nitrogens is 1. The van der Waals surface area contributed by atoms with E-state index in [4.69, 9.17) is 4.74 Å². The number of carbonyl (C=O) groups is 1. The normalized spacial score (nSPS) is 15.1. The minimum absolute atomic E-state index is 0.0344. The Morgan fingerprint density at radius 1 is 1.29 bits per heavy atom. The number of sulfonamides is 1. The van der Waals surface area contributed by atoms with Gasteiger partial charge < -0.3 is 4.74 Å². The Balaban J connectivity index is 1.77. The maximum Gasteiger partial charge on any atom is 0.413 e. The van der Waals surface area contributed by atoms with E-state index in [0.717, 1.165) is 16.1 Å². The molecule has 0 spiro atoms. The summed E-state index contributed by atoms with van der Waals surface area (Å²) in [6.07, 6.45) is -0.0488. The van der Waals surface area contributed by atoms with Crippen LogP contribution in [0.15, 0.2) is 29.2 Å². The van der Waals surface area contributed by atoms with Gasteiger partial charge >= 0.3 is 6.09 Å². The van der Waals surface area contributed by atoms with Crippen LogP contribution in [0.4, 0.5) is 9.93 Å². The smallest absolute Gasteiger partial charge is 0.413 e. The largest absolute Gasteiger partial charge is 0.450 e. The van der Waals surface area contributed by atoms with E-state index in [1.54, 1.807) is 19.1 Å². The molecule has 0 saturated carbocycles. The summed E-state index contributed by atoms with van der Waals surface area (Å²) >= 11 is 1.28. The van der Waals surface area contributed by atoms with E-state index in [-0.39, 0.29) is 18.6 Å². The highest BCUT2D eigenvalue weighted by Crippen LogP contribution is 2.32. The number of nitrogens with one attached hydrogen (secondary N) is 1. The van der Waals surface area contributed by atoms with Gasteiger partial charge in [-0.3, -0.25) is 5.32 Å². The van der Waals surface area contributed by atoms with Crippen molar-refractivity contribution in [2.24, 2.45) is 0 Å². The number of ether oxygens (including phenoxy) is 1. The van der Waals surface area contributed by atoms with Crippen molar-refractivity contribution in [1.29, 1.82) is 0 Å². The van der Waals surface area contributed by atoms with Crippen LogP contribution in [0.3, 0.4) is 0 Å². The first-order valence-electron chi connectivity index (χ1n) is 9.14. The van der Waals surface area contributed by atoms with Crippen LogP contribution in [-0.2, 0) is 33.1 Å². The second kappa shape index (κ2) is 7.81. The zero-order valence-electron chi connectivity index (χ0n) is 16.5. The van der Waals surface area contributed by atoms with Gasteiger partial charge in [0.2, 0.25) is 10.0 Å². The molecule has 1 amide bonds. The molecule has 2 heterocycles. The molecule has 1 N–H and O–H groups in total. The SMILES string of the molecule is CCOC(=O)Nc1nc2c(s1)CN(S(=O)(=O)c1ccc(C(C)(C)C)cc1)CC2. The molecule has 152 valence electrons. The Morgan fingerprint density at radius 3 is 2.57 bits per heavy atom. The molecule has 1 aromatic carbocycles. The van der Waals surface area contributed by atoms with Crippen LogP contribution in [0.2, 0.25) is 0 Å². The Labute approximate surface area is 169 Å². The molecule has 1 aromatic heterocycles. The molecule has 0 unspecified atom stereocenters. The van der Waals surface area contributed by atoms with Crippen molar-refractivity contribution in [1.82, 2.24) is 9.29 Å². The van der Waals surface area contributed by atoms with Gasteiger partial charge in [0.1, 0.15) is 0 Å². The summed E-state index contributed by atoms with van der Waals surface area (Å²) in [7, 11) is -3.59. The molecule has 28 heavy (non-hydrogen) atoms. The zero-order valence-corrected chi connectivity index (χ0v) is 18.1. The first kappa shape index (κ1) is 20.8. The van der Waals surface area contributed by atoms with Gasteiger partial charge in [-0.15, -0.1) is 0 Å². The van der Waals surface area contributed by atoms with Gasteiger partial charge in [0.25, 0.3) is 0 Å². The molecule has 0 fully saturated rings. The Kier molecular flexibility index (Phi) is 5.79. The second-order valence-corrected chi connectivity index (χ2v) is 10.6. The highest BCUT2D eigenvalue weighted by Gasteiger charge is 2.31. The molecule has 9 heteroatoms. The molecule has 3 rings (SSSR count). The number of rotatable bonds is 4. The summed E-state index contributed by atoms with van der Waals surface area (Å²) < 4.78 is 32.4. The lowest BCUT2D eigenvalue weighted by Crippen LogP contribution is -2.35. The standard InChI is InChI=1S/C19H25N3O4S2/c1-5-26-18(23)21-17-20-15-10-11-22(12-16(15)27-17)28(24,25)14-8-6-13(7-9-14)19(2,3)4/h6-9H,5,10-12H2,1-4H3,(H,20,21,23). The highest BCUT2D eigenvalue weighted by atomic mass is 32.2. The summed E-state index contributed by atoms with van der Waals surface area (Å²) in [5, 5.41) is 3.01. The van der Waals surface area contributed by atoms with Gasteiger partial charge in [-0.25, -0.2) is 18.2 Å². The molecule has 2 aromatic rings. The van der Waals surface area contributed by atoms with Crippen LogP contribution in [-0.4, -0.2) is 37.0 Å². The van der Waals surface area contributed by atoms with Crippen molar-refractivity contribution >= 4 is 32.6 Å². The van der Waals surface area contributed by atoms with E-state index in [1.165, 1.54) is 15.6 Å². The molecule has 7 nitrogen and oxygen atoms in total. The summed E-state index contributed by atoms with van der Waals surface area (Å²) in [5.41, 5.74) is 1.88. The predicted molar refractivity (Wildman–Crippen MR) is 109 cm³/mol. The van der Waals surface area contributed by atoms with Gasteiger partial charge in [0, 0.05) is 17.8 Å². The number of carbonyl (C=O) groups excluding carboxylic acids is 1. The number of anilines is 1. The average molecular weight is 424 g/mol. The minimum Gasteiger partial charge on any atom is -0.450 e. The molecule has 0 bridgehead atoms. The predicted octanol–water partition coefficient (Wildman–Crippen LogP) is 3.76. The number of amides is 1. The van der Waals surface area contributed by atoms with Crippen LogP contribution >= 0.6 is 11.3 Å². The van der Waals surface area contributed by atoms with Gasteiger partial charge in [-0.2, -0.15) is 4.31 Å². The summed E-state index contributed by atoms with van der Waals surface area (Å²) in [5.74, 6) is 0. The Bertz CT molecular complexity index is 960. The van der Waals surface area contributed by atoms with Crippen molar-refractivity contribution in [3.8, 4) is 0 Å². The topological polar surface area (TPSA) is 88.6 Å². The molecule has 0 atom stereocenters. The van der Waals surface area contributed by atoms with Crippen molar-refractivity contribution in [3.05, 3.63) is 40.4 Å². The molecule has 0 aliphatic carbocycles. The third-order valence-electron chi connectivity index (χ3n) is 4.54. The van der Waals surface area contributed by atoms with Crippen LogP contribution in [0.5, 0.6) is 0 Å². The van der Waals surface area contributed by atoms with Crippen LogP contribution in [0, 0.1) is 0 Å². The monoisotopic (exact) mass is 423 g/mol. The first-order valence-corrected chi connectivity index (χ1v) is 11.4. The van der Waals surface area contributed by atoms with E-state index >= 15 is 0 Å². The number of hydrogen-bond acceptors (Lipinski definition) is 6. The summed E-state index contributed by atoms with van der Waals surface area (Å²) in [6.45, 7) is 8.89. The van der Waals surface area contributed by atoms with Gasteiger partial charge in [-0.1, -0.05) is 44.2 Å². The maximum atomic E-state index is 13.0. The highest BCUT2D eigenvalue weighted by molar-refractivity contribution is 7.89. The summed E-state index contributed by atoms with van der Waals surface area (Å²) in [6, 6.07) is 7.09. The summed E-state index contributed by atoms with van der Waals surface area (Å²) in [4.78, 5) is 17.1. The number of fused-ring (bicyclic) bond motifs is 1. The van der Waals surface area contributed by atoms with E-state index in [2.05, 4.69) is 31.1 Å². The second-order valence-electron chi connectivity index (χ2n) is 7.60. The van der Waals surface area contributed by atoms with Gasteiger partial charge in [0.15, 0.2) is 5.13 Å². The lowest BCUT2D eigenvalue weighted by Gasteiger charge is -2.26. The zero-order chi connectivity index (χ0) is 20.5. The van der Waals surface area contributed by atoms with Crippen molar-refractivity contribution in [3.63, 3.8) is 0 Å². The lowest BCUT2D eigenvalue weighted by atomic mass is 9.87. The van der Waals surface area contributed by atoms with Crippen molar-refractivity contribution in [2.45, 2.75) is 51.0 Å². The number of nitrogens with zero attached hydrogens (tertiary/aromatic N) is 2. The number of thiazole rings is 1. The number of hydrogen-bond donors (Lipinski definition) is 1. The lowest BCUT2D eigenvalue weighted by molar-refractivity contribution is 0.168. The average Bonchev–Trinajstić information content (AvgIpc) is 3.02. The van der Waals surface area contributed by atoms with Crippen LogP contribution < -0.4 is 5.32 Å². The number of benzene rings is 1. The fraction of sp³-hybridized carbons (Fsp3) is 0.474. The Morgan fingerprint density at radius 2 is 1.96 bits per heavy atom. The van der Waals surface area contributed by atoms with E-state index in [9.17, 15) is 13.2 Å². The van der Waals surface area contributed by atoms with Crippen LogP contribution in [0.25, 0.3) is 0 Å². The fourth-order valence-corrected chi connectivity index (χ4v) is 5.46. The van der Waals surface area contributed by atoms with E-state index in [0.29, 0.717) is 23.0 Å². The van der Waals surface area contributed by atoms with Crippen molar-refractivity contribution < 1.29 is 17.9 Å². The molecular weight excluding hydrogens is 398 g/mol. The first-order chi connectivity index (χ1) is 13.1. The molecule has 1 aliphatic heterocycles. The third kappa shape index (κ3) is 4.37. The third-order valence-corrected chi connectivity index (χ3v) is 7.40. The molecule has 1 aliphatic rings. The van der Waals surface area contributed by atoms with E-state index < -0.39 is 16.1 Å². The van der Waals surface area contributed by atoms with E-state index in [1.807, 2.05) is 12.1 Å². The van der Waals surface area contributed by atoms with Gasteiger partial charge in [-0.05, 0) is 30.0 Å². The Hall–Kier alpha value is -1.97. The van der Waals surface area contributed by atoms with Crippen LogP contribution in [0.1, 0.15) is 43.8 Å². The van der Waals surface area contributed by atoms with Gasteiger partial charge in [0.05, 0.1) is 23.7 Å². The fourth-order valence-electron chi connectivity index (χ4n) is 2.96. The van der Waals surface area contributed by atoms with Crippen molar-refractivity contribution in [2.75, 3.05) is 18.5 Å².